The van der Waals surface area contributed by atoms with Crippen molar-refractivity contribution in [1.29, 1.82) is 0 Å². The zero-order valence-corrected chi connectivity index (χ0v) is 15.7. The van der Waals surface area contributed by atoms with Crippen molar-refractivity contribution in [2.45, 2.75) is 19.2 Å². The lowest BCUT2D eigenvalue weighted by Gasteiger charge is -2.26. The van der Waals surface area contributed by atoms with E-state index in [4.69, 9.17) is 9.47 Å². The molecular weight excluding hydrogens is 368 g/mol. The van der Waals surface area contributed by atoms with Crippen molar-refractivity contribution in [3.05, 3.63) is 73.2 Å². The Morgan fingerprint density at radius 3 is 2.86 bits per heavy atom. The molecule has 0 radical (unpaired) electrons. The summed E-state index contributed by atoms with van der Waals surface area (Å²) in [4.78, 5) is 12.4. The van der Waals surface area contributed by atoms with Gasteiger partial charge in [-0.3, -0.25) is 9.48 Å². The smallest absolute Gasteiger partial charge is 0.244 e. The highest BCUT2D eigenvalue weighted by molar-refractivity contribution is 5.91. The van der Waals surface area contributed by atoms with Gasteiger partial charge in [-0.05, 0) is 29.7 Å². The van der Waals surface area contributed by atoms with Crippen LogP contribution in [0.3, 0.4) is 0 Å². The maximum absolute atomic E-state index is 12.4. The quantitative estimate of drug-likeness (QED) is 0.569. The first-order valence-corrected chi connectivity index (χ1v) is 9.49. The number of carbonyl (C=O) groups is 1. The number of hydrogen-bond donors (Lipinski definition) is 1. The zero-order valence-electron chi connectivity index (χ0n) is 15.7. The Bertz CT molecular complexity index is 1160. The summed E-state index contributed by atoms with van der Waals surface area (Å²) in [6, 6.07) is 17.6. The third-order valence-electron chi connectivity index (χ3n) is 4.87. The van der Waals surface area contributed by atoms with Crippen LogP contribution in [0.4, 0.5) is 5.69 Å². The van der Waals surface area contributed by atoms with Gasteiger partial charge in [0.1, 0.15) is 13.2 Å². The standard InChI is InChI=1S/C22H20N4O3/c27-22(14-25-10-9-16-5-1-2-6-19(16)25)24-17-11-23-26(12-17)13-18-15-28-20-7-3-4-8-21(20)29-18/h1-12,18H,13-15H2,(H,24,27). The van der Waals surface area contributed by atoms with Crippen molar-refractivity contribution in [1.82, 2.24) is 14.3 Å². The van der Waals surface area contributed by atoms with Gasteiger partial charge < -0.3 is 19.4 Å². The highest BCUT2D eigenvalue weighted by Gasteiger charge is 2.21. The van der Waals surface area contributed by atoms with Crippen molar-refractivity contribution < 1.29 is 14.3 Å². The first-order chi connectivity index (χ1) is 14.2. The van der Waals surface area contributed by atoms with E-state index in [0.29, 0.717) is 18.8 Å². The van der Waals surface area contributed by atoms with Gasteiger partial charge in [-0.1, -0.05) is 30.3 Å². The van der Waals surface area contributed by atoms with Crippen molar-refractivity contribution in [3.8, 4) is 11.5 Å². The summed E-state index contributed by atoms with van der Waals surface area (Å²) in [5.74, 6) is 1.40. The molecule has 5 rings (SSSR count). The van der Waals surface area contributed by atoms with Gasteiger partial charge in [-0.15, -0.1) is 0 Å². The molecular formula is C22H20N4O3. The fourth-order valence-corrected chi connectivity index (χ4v) is 3.52. The minimum absolute atomic E-state index is 0.0999. The van der Waals surface area contributed by atoms with E-state index in [1.165, 1.54) is 0 Å². The molecule has 0 bridgehead atoms. The number of nitrogens with one attached hydrogen (secondary N) is 1. The molecule has 1 aliphatic rings. The molecule has 1 atom stereocenters. The number of benzene rings is 2. The van der Waals surface area contributed by atoms with E-state index >= 15 is 0 Å². The lowest BCUT2D eigenvalue weighted by molar-refractivity contribution is -0.116. The highest BCUT2D eigenvalue weighted by Crippen LogP contribution is 2.31. The molecule has 2 aromatic heterocycles. The summed E-state index contributed by atoms with van der Waals surface area (Å²) in [5, 5.41) is 8.34. The third-order valence-corrected chi connectivity index (χ3v) is 4.87. The van der Waals surface area contributed by atoms with Gasteiger partial charge in [0.2, 0.25) is 5.91 Å². The van der Waals surface area contributed by atoms with E-state index in [-0.39, 0.29) is 18.6 Å². The highest BCUT2D eigenvalue weighted by atomic mass is 16.6. The molecule has 1 unspecified atom stereocenters. The van der Waals surface area contributed by atoms with Crippen LogP contribution in [0.1, 0.15) is 0 Å². The summed E-state index contributed by atoms with van der Waals surface area (Å²) in [7, 11) is 0. The van der Waals surface area contributed by atoms with Gasteiger partial charge in [0.25, 0.3) is 0 Å². The maximum Gasteiger partial charge on any atom is 0.244 e. The van der Waals surface area contributed by atoms with Crippen molar-refractivity contribution in [2.75, 3.05) is 11.9 Å². The molecule has 7 nitrogen and oxygen atoms in total. The van der Waals surface area contributed by atoms with E-state index in [9.17, 15) is 4.79 Å². The molecule has 1 aliphatic heterocycles. The summed E-state index contributed by atoms with van der Waals surface area (Å²) in [6.45, 7) is 1.24. The molecule has 29 heavy (non-hydrogen) atoms. The van der Waals surface area contributed by atoms with Crippen LogP contribution in [0.5, 0.6) is 11.5 Å². The number of fused-ring (bicyclic) bond motifs is 2. The van der Waals surface area contributed by atoms with Crippen LogP contribution >= 0.6 is 0 Å². The van der Waals surface area contributed by atoms with Crippen LogP contribution in [-0.4, -0.2) is 33.0 Å². The van der Waals surface area contributed by atoms with E-state index < -0.39 is 0 Å². The second-order valence-electron chi connectivity index (χ2n) is 7.00. The average molecular weight is 388 g/mol. The molecule has 2 aromatic carbocycles. The maximum atomic E-state index is 12.4. The molecule has 4 aromatic rings. The molecule has 3 heterocycles. The molecule has 0 aliphatic carbocycles. The third kappa shape index (κ3) is 3.67. The Hall–Kier alpha value is -3.74. The molecule has 7 heteroatoms. The topological polar surface area (TPSA) is 70.3 Å². The first-order valence-electron chi connectivity index (χ1n) is 9.49. The second-order valence-corrected chi connectivity index (χ2v) is 7.00. The van der Waals surface area contributed by atoms with Gasteiger partial charge in [0.05, 0.1) is 18.4 Å². The Morgan fingerprint density at radius 1 is 1.10 bits per heavy atom. The molecule has 1 N–H and O–H groups in total. The van der Waals surface area contributed by atoms with Gasteiger partial charge >= 0.3 is 0 Å². The molecule has 1 amide bonds. The second kappa shape index (κ2) is 7.35. The molecule has 0 saturated carbocycles. The predicted octanol–water partition coefficient (Wildman–Crippen LogP) is 3.32. The fourth-order valence-electron chi connectivity index (χ4n) is 3.52. The minimum Gasteiger partial charge on any atom is -0.486 e. The first kappa shape index (κ1) is 17.4. The summed E-state index contributed by atoms with van der Waals surface area (Å²) in [5.41, 5.74) is 1.69. The summed E-state index contributed by atoms with van der Waals surface area (Å²) in [6.07, 6.45) is 5.23. The van der Waals surface area contributed by atoms with Gasteiger partial charge in [-0.2, -0.15) is 5.10 Å². The number of nitrogens with zero attached hydrogens (tertiary/aromatic N) is 3. The lowest BCUT2D eigenvalue weighted by Crippen LogP contribution is -2.33. The summed E-state index contributed by atoms with van der Waals surface area (Å²) >= 11 is 0. The van der Waals surface area contributed by atoms with E-state index in [2.05, 4.69) is 10.4 Å². The van der Waals surface area contributed by atoms with E-state index in [1.807, 2.05) is 65.4 Å². The Morgan fingerprint density at radius 2 is 1.93 bits per heavy atom. The normalized spacial score (nSPS) is 15.4. The fraction of sp³-hybridized carbons (Fsp3) is 0.182. The number of para-hydroxylation sites is 3. The number of amides is 1. The minimum atomic E-state index is -0.139. The zero-order chi connectivity index (χ0) is 19.6. The van der Waals surface area contributed by atoms with Crippen LogP contribution in [-0.2, 0) is 17.9 Å². The number of rotatable bonds is 5. The molecule has 0 saturated heterocycles. The molecule has 0 spiro atoms. The van der Waals surface area contributed by atoms with Crippen LogP contribution in [0, 0.1) is 0 Å². The monoisotopic (exact) mass is 388 g/mol. The lowest BCUT2D eigenvalue weighted by atomic mass is 10.2. The van der Waals surface area contributed by atoms with Crippen LogP contribution in [0.15, 0.2) is 73.2 Å². The number of carbonyl (C=O) groups excluding carboxylic acids is 1. The SMILES string of the molecule is O=C(Cn1ccc2ccccc21)Nc1cnn(CC2COc3ccccc3O2)c1. The number of hydrogen-bond acceptors (Lipinski definition) is 4. The number of anilines is 1. The number of ether oxygens (including phenoxy) is 2. The van der Waals surface area contributed by atoms with E-state index in [0.717, 1.165) is 22.4 Å². The van der Waals surface area contributed by atoms with Crippen LogP contribution in [0.2, 0.25) is 0 Å². The molecule has 0 fully saturated rings. The van der Waals surface area contributed by atoms with Crippen LogP contribution < -0.4 is 14.8 Å². The largest absolute Gasteiger partial charge is 0.486 e. The van der Waals surface area contributed by atoms with Gasteiger partial charge in [0.15, 0.2) is 17.6 Å². The van der Waals surface area contributed by atoms with Gasteiger partial charge in [0, 0.05) is 17.9 Å². The van der Waals surface area contributed by atoms with Crippen molar-refractivity contribution >= 4 is 22.5 Å². The predicted molar refractivity (Wildman–Crippen MR) is 109 cm³/mol. The average Bonchev–Trinajstić information content (AvgIpc) is 3.35. The van der Waals surface area contributed by atoms with Crippen LogP contribution in [0.25, 0.3) is 10.9 Å². The Balaban J connectivity index is 1.20. The van der Waals surface area contributed by atoms with Crippen molar-refractivity contribution in [2.24, 2.45) is 0 Å². The molecule has 146 valence electrons. The Labute approximate surface area is 167 Å². The Kier molecular flexibility index (Phi) is 4.40. The number of aromatic nitrogens is 3. The van der Waals surface area contributed by atoms with Crippen molar-refractivity contribution in [3.63, 3.8) is 0 Å². The summed E-state index contributed by atoms with van der Waals surface area (Å²) < 4.78 is 15.4. The van der Waals surface area contributed by atoms with Gasteiger partial charge in [-0.25, -0.2) is 0 Å². The van der Waals surface area contributed by atoms with E-state index in [1.54, 1.807) is 17.1 Å².